The highest BCUT2D eigenvalue weighted by atomic mass is 35.5. The fraction of sp³-hybridized carbons (Fsp3) is 0.571. The number of phenolic OH excluding ortho intramolecular Hbond substituents is 1. The molecule has 0 unspecified atom stereocenters. The zero-order valence-electron chi connectivity index (χ0n) is 10.1. The van der Waals surface area contributed by atoms with Crippen LogP contribution in [0.15, 0.2) is 6.07 Å². The van der Waals surface area contributed by atoms with Crippen LogP contribution in [0.1, 0.15) is 42.4 Å². The summed E-state index contributed by atoms with van der Waals surface area (Å²) in [6.07, 6.45) is 7.45. The fourth-order valence-electron chi connectivity index (χ4n) is 2.56. The van der Waals surface area contributed by atoms with E-state index in [9.17, 15) is 5.11 Å². The van der Waals surface area contributed by atoms with Crippen LogP contribution in [0.4, 0.5) is 0 Å². The maximum Gasteiger partial charge on any atom is 0.137 e. The molecule has 2 rings (SSSR count). The summed E-state index contributed by atoms with van der Waals surface area (Å²) in [5.74, 6) is 0.278. The summed E-state index contributed by atoms with van der Waals surface area (Å²) in [5.41, 5.74) is 8.97. The monoisotopic (exact) mass is 253 g/mol. The molecule has 1 aliphatic carbocycles. The van der Waals surface area contributed by atoms with Gasteiger partial charge >= 0.3 is 0 Å². The molecular weight excluding hydrogens is 234 g/mol. The van der Waals surface area contributed by atoms with Gasteiger partial charge in [0.05, 0.1) is 5.02 Å². The Hall–Kier alpha value is -0.730. The van der Waals surface area contributed by atoms with Gasteiger partial charge in [-0.05, 0) is 61.8 Å². The highest BCUT2D eigenvalue weighted by molar-refractivity contribution is 6.33. The van der Waals surface area contributed by atoms with Gasteiger partial charge in [-0.2, -0.15) is 0 Å². The van der Waals surface area contributed by atoms with Crippen LogP contribution < -0.4 is 5.73 Å². The minimum absolute atomic E-state index is 0.278. The van der Waals surface area contributed by atoms with Gasteiger partial charge in [0, 0.05) is 0 Å². The topological polar surface area (TPSA) is 46.2 Å². The van der Waals surface area contributed by atoms with Crippen molar-refractivity contribution in [2.24, 2.45) is 5.73 Å². The smallest absolute Gasteiger partial charge is 0.137 e. The third kappa shape index (κ3) is 2.75. The van der Waals surface area contributed by atoms with Crippen LogP contribution in [0.2, 0.25) is 5.02 Å². The zero-order valence-corrected chi connectivity index (χ0v) is 10.9. The van der Waals surface area contributed by atoms with Gasteiger partial charge in [0.2, 0.25) is 0 Å². The number of halogens is 1. The number of benzene rings is 1. The molecule has 17 heavy (non-hydrogen) atoms. The molecule has 0 heterocycles. The zero-order chi connectivity index (χ0) is 12.3. The van der Waals surface area contributed by atoms with Crippen molar-refractivity contribution in [3.63, 3.8) is 0 Å². The number of aromatic hydroxyl groups is 1. The van der Waals surface area contributed by atoms with E-state index in [0.29, 0.717) is 11.6 Å². The number of nitrogens with two attached hydrogens (primary N) is 1. The van der Waals surface area contributed by atoms with Crippen molar-refractivity contribution >= 4 is 11.6 Å². The predicted molar refractivity (Wildman–Crippen MR) is 71.8 cm³/mol. The van der Waals surface area contributed by atoms with E-state index in [-0.39, 0.29) is 5.75 Å². The number of fused-ring (bicyclic) bond motifs is 1. The first-order chi connectivity index (χ1) is 8.24. The standard InChI is InChI=1S/C14H20ClNO/c15-13-12-7-3-1-2-5-10(12)9-11(14(13)17)6-4-8-16/h9,17H,1-8,16H2. The molecule has 0 atom stereocenters. The molecule has 0 aromatic heterocycles. The van der Waals surface area contributed by atoms with Crippen molar-refractivity contribution < 1.29 is 5.11 Å². The number of hydrogen-bond donors (Lipinski definition) is 2. The average molecular weight is 254 g/mol. The maximum atomic E-state index is 10.1. The Bertz CT molecular complexity index is 404. The van der Waals surface area contributed by atoms with Gasteiger partial charge in [0.15, 0.2) is 0 Å². The van der Waals surface area contributed by atoms with Crippen LogP contribution in [-0.4, -0.2) is 11.7 Å². The van der Waals surface area contributed by atoms with Gasteiger partial charge in [-0.3, -0.25) is 0 Å². The number of rotatable bonds is 3. The summed E-state index contributed by atoms with van der Waals surface area (Å²) in [6, 6.07) is 2.14. The van der Waals surface area contributed by atoms with Crippen LogP contribution in [0.5, 0.6) is 5.75 Å². The number of hydrogen-bond acceptors (Lipinski definition) is 2. The van der Waals surface area contributed by atoms with Gasteiger partial charge in [0.1, 0.15) is 5.75 Å². The second-order valence-electron chi connectivity index (χ2n) is 4.79. The molecule has 0 spiro atoms. The Balaban J connectivity index is 2.36. The molecule has 3 heteroatoms. The van der Waals surface area contributed by atoms with Crippen molar-refractivity contribution in [1.82, 2.24) is 0 Å². The summed E-state index contributed by atoms with van der Waals surface area (Å²) in [4.78, 5) is 0. The molecule has 0 amide bonds. The van der Waals surface area contributed by atoms with Crippen LogP contribution in [0.25, 0.3) is 0 Å². The van der Waals surface area contributed by atoms with Gasteiger partial charge in [-0.15, -0.1) is 0 Å². The molecule has 0 aliphatic heterocycles. The lowest BCUT2D eigenvalue weighted by Crippen LogP contribution is -2.02. The molecule has 94 valence electrons. The molecule has 1 aromatic carbocycles. The molecule has 3 N–H and O–H groups in total. The lowest BCUT2D eigenvalue weighted by atomic mass is 9.97. The van der Waals surface area contributed by atoms with Crippen LogP contribution in [0, 0.1) is 0 Å². The number of phenols is 1. The number of aryl methyl sites for hydroxylation is 2. The Morgan fingerprint density at radius 1 is 1.24 bits per heavy atom. The minimum atomic E-state index is 0.278. The van der Waals surface area contributed by atoms with Gasteiger partial charge < -0.3 is 10.8 Å². The van der Waals surface area contributed by atoms with Crippen LogP contribution in [-0.2, 0) is 19.3 Å². The lowest BCUT2D eigenvalue weighted by Gasteiger charge is -2.14. The van der Waals surface area contributed by atoms with E-state index >= 15 is 0 Å². The van der Waals surface area contributed by atoms with Gasteiger partial charge in [-0.1, -0.05) is 24.1 Å². The van der Waals surface area contributed by atoms with Crippen LogP contribution in [0.3, 0.4) is 0 Å². The van der Waals surface area contributed by atoms with E-state index in [1.165, 1.54) is 24.8 Å². The van der Waals surface area contributed by atoms with Gasteiger partial charge in [0.25, 0.3) is 0 Å². The second kappa shape index (κ2) is 5.74. The highest BCUT2D eigenvalue weighted by Crippen LogP contribution is 2.37. The van der Waals surface area contributed by atoms with Gasteiger partial charge in [-0.25, -0.2) is 0 Å². The Morgan fingerprint density at radius 3 is 2.76 bits per heavy atom. The van der Waals surface area contributed by atoms with Crippen molar-refractivity contribution in [2.75, 3.05) is 6.54 Å². The first kappa shape index (κ1) is 12.7. The molecular formula is C14H20ClNO. The first-order valence-electron chi connectivity index (χ1n) is 6.46. The lowest BCUT2D eigenvalue weighted by molar-refractivity contribution is 0.466. The van der Waals surface area contributed by atoms with Crippen LogP contribution >= 0.6 is 11.6 Å². The first-order valence-corrected chi connectivity index (χ1v) is 6.84. The Labute approximate surface area is 108 Å². The molecule has 0 saturated heterocycles. The Morgan fingerprint density at radius 2 is 2.00 bits per heavy atom. The van der Waals surface area contributed by atoms with Crippen molar-refractivity contribution in [3.8, 4) is 5.75 Å². The van der Waals surface area contributed by atoms with Crippen molar-refractivity contribution in [3.05, 3.63) is 27.8 Å². The van der Waals surface area contributed by atoms with E-state index < -0.39 is 0 Å². The SMILES string of the molecule is NCCCc1cc2c(c(Cl)c1O)CCCCC2. The molecule has 1 aromatic rings. The molecule has 0 saturated carbocycles. The fourth-order valence-corrected chi connectivity index (χ4v) is 2.90. The largest absolute Gasteiger partial charge is 0.506 e. The van der Waals surface area contributed by atoms with E-state index in [1.54, 1.807) is 0 Å². The molecule has 0 bridgehead atoms. The van der Waals surface area contributed by atoms with Crippen molar-refractivity contribution in [2.45, 2.75) is 44.9 Å². The molecule has 1 aliphatic rings. The second-order valence-corrected chi connectivity index (χ2v) is 5.17. The Kier molecular flexibility index (Phi) is 4.30. The predicted octanol–water partition coefficient (Wildman–Crippen LogP) is 3.21. The molecule has 0 radical (unpaired) electrons. The normalized spacial score (nSPS) is 15.4. The summed E-state index contributed by atoms with van der Waals surface area (Å²) < 4.78 is 0. The van der Waals surface area contributed by atoms with E-state index in [4.69, 9.17) is 17.3 Å². The summed E-state index contributed by atoms with van der Waals surface area (Å²) in [6.45, 7) is 0.647. The van der Waals surface area contributed by atoms with E-state index in [0.717, 1.165) is 36.8 Å². The maximum absolute atomic E-state index is 10.1. The van der Waals surface area contributed by atoms with E-state index in [2.05, 4.69) is 6.07 Å². The van der Waals surface area contributed by atoms with E-state index in [1.807, 2.05) is 0 Å². The average Bonchev–Trinajstić information content (AvgIpc) is 2.57. The third-order valence-corrected chi connectivity index (χ3v) is 3.94. The highest BCUT2D eigenvalue weighted by Gasteiger charge is 2.17. The quantitative estimate of drug-likeness (QED) is 0.813. The molecule has 2 nitrogen and oxygen atoms in total. The minimum Gasteiger partial charge on any atom is -0.506 e. The van der Waals surface area contributed by atoms with Crippen molar-refractivity contribution in [1.29, 1.82) is 0 Å². The molecule has 0 fully saturated rings. The summed E-state index contributed by atoms with van der Waals surface area (Å²) in [7, 11) is 0. The summed E-state index contributed by atoms with van der Waals surface area (Å²) >= 11 is 6.29. The summed E-state index contributed by atoms with van der Waals surface area (Å²) in [5, 5.41) is 10.7. The third-order valence-electron chi connectivity index (χ3n) is 3.54.